The molecule has 0 aliphatic heterocycles. The van der Waals surface area contributed by atoms with Crippen LogP contribution in [0.25, 0.3) is 0 Å². The third-order valence-corrected chi connectivity index (χ3v) is 2.59. The lowest BCUT2D eigenvalue weighted by molar-refractivity contribution is 1.12. The summed E-state index contributed by atoms with van der Waals surface area (Å²) in [5.41, 5.74) is 1.75. The molecule has 0 radical (unpaired) electrons. The minimum Gasteiger partial charge on any atom is -0.242 e. The molecular formula is C9H12BrIN2S. The number of hydrogen-bond acceptors (Lipinski definition) is 3. The van der Waals surface area contributed by atoms with Gasteiger partial charge in [-0.25, -0.2) is 4.83 Å². The largest absolute Gasteiger partial charge is 0.242 e. The maximum Gasteiger partial charge on any atom is 0.0649 e. The third kappa shape index (κ3) is 6.67. The van der Waals surface area contributed by atoms with Gasteiger partial charge in [0.1, 0.15) is 0 Å². The van der Waals surface area contributed by atoms with Gasteiger partial charge in [-0.05, 0) is 25.5 Å². The van der Waals surface area contributed by atoms with E-state index in [2.05, 4.69) is 53.6 Å². The summed E-state index contributed by atoms with van der Waals surface area (Å²) in [5, 5.41) is 4.09. The fraction of sp³-hybridized carbons (Fsp3) is 0.222. The average molecular weight is 387 g/mol. The highest BCUT2D eigenvalue weighted by Gasteiger charge is 1.95. The lowest BCUT2D eigenvalue weighted by Gasteiger charge is -1.99. The Morgan fingerprint density at radius 3 is 2.79 bits per heavy atom. The van der Waals surface area contributed by atoms with Gasteiger partial charge in [0.15, 0.2) is 0 Å². The van der Waals surface area contributed by atoms with Gasteiger partial charge in [-0.3, -0.25) is 0 Å². The maximum atomic E-state index is 4.09. The van der Waals surface area contributed by atoms with Gasteiger partial charge in [-0.15, -0.1) is 0 Å². The van der Waals surface area contributed by atoms with Crippen molar-refractivity contribution >= 4 is 52.0 Å². The molecular weight excluding hydrogens is 375 g/mol. The zero-order chi connectivity index (χ0) is 11.0. The van der Waals surface area contributed by atoms with Gasteiger partial charge in [0.25, 0.3) is 0 Å². The highest BCUT2D eigenvalue weighted by molar-refractivity contribution is 14.2. The van der Waals surface area contributed by atoms with Crippen molar-refractivity contribution in [1.82, 2.24) is 4.83 Å². The number of allylic oxidation sites excluding steroid dienone is 5. The van der Waals surface area contributed by atoms with Crippen LogP contribution in [0.15, 0.2) is 40.0 Å². The smallest absolute Gasteiger partial charge is 0.0649 e. The molecule has 5 heteroatoms. The number of hydrogen-bond donors (Lipinski definition) is 1. The van der Waals surface area contributed by atoms with E-state index in [4.69, 9.17) is 0 Å². The lowest BCUT2D eigenvalue weighted by atomic mass is 10.2. The molecule has 0 aliphatic carbocycles. The van der Waals surface area contributed by atoms with Crippen LogP contribution in [0, 0.1) is 0 Å². The highest BCUT2D eigenvalue weighted by atomic mass is 127. The second-order valence-electron chi connectivity index (χ2n) is 2.42. The van der Waals surface area contributed by atoms with E-state index in [0.29, 0.717) is 0 Å². The van der Waals surface area contributed by atoms with Crippen LogP contribution in [0.4, 0.5) is 0 Å². The molecule has 0 saturated carbocycles. The Morgan fingerprint density at radius 1 is 1.64 bits per heavy atom. The van der Waals surface area contributed by atoms with Crippen molar-refractivity contribution in [2.75, 3.05) is 0 Å². The van der Waals surface area contributed by atoms with Gasteiger partial charge >= 0.3 is 0 Å². The Hall–Kier alpha value is 0.250. The number of nitrogens with zero attached hydrogens (tertiary/aromatic N) is 1. The molecule has 0 unspecified atom stereocenters. The van der Waals surface area contributed by atoms with Crippen LogP contribution in [0.3, 0.4) is 0 Å². The first-order valence-corrected chi connectivity index (χ1v) is 8.03. The van der Waals surface area contributed by atoms with E-state index in [-0.39, 0.29) is 0 Å². The Kier molecular flexibility index (Phi) is 8.70. The van der Waals surface area contributed by atoms with E-state index in [1.54, 1.807) is 0 Å². The Balaban J connectivity index is 4.40. The molecule has 0 amide bonds. The minimum atomic E-state index is 0.871. The topological polar surface area (TPSA) is 24.4 Å². The molecule has 0 saturated heterocycles. The molecule has 0 atom stereocenters. The summed E-state index contributed by atoms with van der Waals surface area (Å²) in [7, 11) is 1.42. The molecule has 0 aromatic rings. The first-order chi connectivity index (χ1) is 6.61. The normalized spacial score (nSPS) is 13.4. The summed E-state index contributed by atoms with van der Waals surface area (Å²) in [4.78, 5) is 2.80. The summed E-state index contributed by atoms with van der Waals surface area (Å²) in [6.07, 6.45) is 5.84. The van der Waals surface area contributed by atoms with E-state index < -0.39 is 0 Å². The van der Waals surface area contributed by atoms with Gasteiger partial charge in [-0.2, -0.15) is 5.10 Å². The molecule has 2 nitrogen and oxygen atoms in total. The number of nitrogens with one attached hydrogen (secondary N) is 1. The van der Waals surface area contributed by atoms with E-state index >= 15 is 0 Å². The monoisotopic (exact) mass is 386 g/mol. The van der Waals surface area contributed by atoms with Gasteiger partial charge in [-0.1, -0.05) is 34.7 Å². The van der Waals surface area contributed by atoms with Gasteiger partial charge in [0, 0.05) is 34.8 Å². The minimum absolute atomic E-state index is 0.871. The van der Waals surface area contributed by atoms with Gasteiger partial charge in [0.05, 0.1) is 5.71 Å². The first-order valence-electron chi connectivity index (χ1n) is 3.87. The quantitative estimate of drug-likeness (QED) is 0.249. The van der Waals surface area contributed by atoms with E-state index in [9.17, 15) is 0 Å². The molecule has 0 aromatic carbocycles. The van der Waals surface area contributed by atoms with Crippen molar-refractivity contribution in [2.45, 2.75) is 13.8 Å². The Morgan fingerprint density at radius 2 is 2.29 bits per heavy atom. The Bertz CT molecular complexity index is 285. The number of hydrazone groups is 1. The van der Waals surface area contributed by atoms with Crippen molar-refractivity contribution < 1.29 is 0 Å². The Labute approximate surface area is 110 Å². The fourth-order valence-electron chi connectivity index (χ4n) is 0.636. The molecule has 0 fully saturated rings. The van der Waals surface area contributed by atoms with Crippen molar-refractivity contribution in [3.05, 3.63) is 34.9 Å². The predicted molar refractivity (Wildman–Crippen MR) is 78.8 cm³/mol. The average Bonchev–Trinajstić information content (AvgIpc) is 2.14. The van der Waals surface area contributed by atoms with Crippen LogP contribution in [-0.4, -0.2) is 5.71 Å². The zero-order valence-electron chi connectivity index (χ0n) is 8.05. The molecule has 0 aromatic heterocycles. The zero-order valence-corrected chi connectivity index (χ0v) is 12.6. The van der Waals surface area contributed by atoms with E-state index in [1.807, 2.05) is 32.1 Å². The van der Waals surface area contributed by atoms with Crippen molar-refractivity contribution in [2.24, 2.45) is 5.10 Å². The molecule has 0 bridgehead atoms. The van der Waals surface area contributed by atoms with E-state index in [1.165, 1.54) is 9.12 Å². The summed E-state index contributed by atoms with van der Waals surface area (Å²) in [6.45, 7) is 7.78. The number of halogens is 2. The van der Waals surface area contributed by atoms with Crippen molar-refractivity contribution in [3.8, 4) is 0 Å². The molecule has 0 heterocycles. The molecule has 0 rings (SSSR count). The molecule has 14 heavy (non-hydrogen) atoms. The molecule has 78 valence electrons. The SMILES string of the molecule is C=C(/C=C(Br)\C=C/C)/C(C)=N/NSI. The standard InChI is InChI=1S/C9H12BrIN2S/c1-4-5-9(10)6-7(2)8(3)12-13-14-11/h4-6,13H,2H2,1,3H3/b5-4-,9-6+,12-8+. The number of rotatable bonds is 5. The summed E-state index contributed by atoms with van der Waals surface area (Å²) in [6, 6.07) is 0. The van der Waals surface area contributed by atoms with Crippen molar-refractivity contribution in [3.63, 3.8) is 0 Å². The predicted octanol–water partition coefficient (Wildman–Crippen LogP) is 4.36. The summed E-state index contributed by atoms with van der Waals surface area (Å²) < 4.78 is 0.988. The second-order valence-corrected chi connectivity index (χ2v) is 4.99. The van der Waals surface area contributed by atoms with Crippen LogP contribution in [0.2, 0.25) is 0 Å². The van der Waals surface area contributed by atoms with Crippen LogP contribution < -0.4 is 4.83 Å². The lowest BCUT2D eigenvalue weighted by Crippen LogP contribution is -1.99. The van der Waals surface area contributed by atoms with Gasteiger partial charge < -0.3 is 0 Å². The molecule has 0 spiro atoms. The molecule has 0 aliphatic rings. The molecule has 1 N–H and O–H groups in total. The summed E-state index contributed by atoms with van der Waals surface area (Å²) >= 11 is 5.52. The highest BCUT2D eigenvalue weighted by Crippen LogP contribution is 2.11. The van der Waals surface area contributed by atoms with Gasteiger partial charge in [0.2, 0.25) is 0 Å². The second kappa shape index (κ2) is 8.55. The third-order valence-electron chi connectivity index (χ3n) is 1.35. The maximum absolute atomic E-state index is 4.09. The van der Waals surface area contributed by atoms with Crippen LogP contribution in [0.1, 0.15) is 13.8 Å². The fourth-order valence-corrected chi connectivity index (χ4v) is 1.64. The van der Waals surface area contributed by atoms with E-state index in [0.717, 1.165) is 15.8 Å². The van der Waals surface area contributed by atoms with Crippen molar-refractivity contribution in [1.29, 1.82) is 0 Å². The van der Waals surface area contributed by atoms with Crippen LogP contribution >= 0.6 is 46.3 Å². The van der Waals surface area contributed by atoms with Crippen LogP contribution in [-0.2, 0) is 0 Å². The van der Waals surface area contributed by atoms with Crippen LogP contribution in [0.5, 0.6) is 0 Å². The first kappa shape index (κ1) is 14.2. The summed E-state index contributed by atoms with van der Waals surface area (Å²) in [5.74, 6) is 0.